The third-order valence-corrected chi connectivity index (χ3v) is 6.20. The number of likely N-dealkylation sites (tertiary alicyclic amines) is 1. The van der Waals surface area contributed by atoms with Crippen molar-refractivity contribution in [1.29, 1.82) is 0 Å². The lowest BCUT2D eigenvalue weighted by Crippen LogP contribution is -2.39. The van der Waals surface area contributed by atoms with Crippen LogP contribution in [0.4, 0.5) is 0 Å². The number of nitrogens with zero attached hydrogens (tertiary/aromatic N) is 3. The van der Waals surface area contributed by atoms with Gasteiger partial charge >= 0.3 is 0 Å². The lowest BCUT2D eigenvalue weighted by atomic mass is 9.97. The van der Waals surface area contributed by atoms with E-state index < -0.39 is 0 Å². The van der Waals surface area contributed by atoms with Gasteiger partial charge in [0.05, 0.1) is 5.92 Å². The maximum absolute atomic E-state index is 13.2. The van der Waals surface area contributed by atoms with E-state index in [1.165, 1.54) is 0 Å². The monoisotopic (exact) mass is 469 g/mol. The molecule has 8 nitrogen and oxygen atoms in total. The smallest absolute Gasteiger partial charge is 0.253 e. The summed E-state index contributed by atoms with van der Waals surface area (Å²) in [7, 11) is 0. The summed E-state index contributed by atoms with van der Waals surface area (Å²) in [5, 5.41) is 8.51. The van der Waals surface area contributed by atoms with Crippen molar-refractivity contribution in [2.24, 2.45) is 0 Å². The zero-order valence-electron chi connectivity index (χ0n) is 18.9. The normalized spacial score (nSPS) is 16.8. The van der Waals surface area contributed by atoms with E-state index in [1.807, 2.05) is 65.6 Å². The predicted octanol–water partition coefficient (Wildman–Crippen LogP) is 5.28. The number of rotatable bonds is 5. The van der Waals surface area contributed by atoms with Gasteiger partial charge in [-0.15, -0.1) is 10.2 Å². The molecule has 1 aromatic heterocycles. The first-order valence-electron chi connectivity index (χ1n) is 11.6. The molecule has 1 amide bonds. The quantitative estimate of drug-likeness (QED) is 0.393. The standard InChI is InChI=1S/C27H23N3O5/c31-27(18-8-11-22(12-9-18)34-21-6-2-1-3-7-21)30-14-4-5-20(16-30)26-29-28-25(35-26)19-10-13-23-24(15-19)33-17-32-23/h1-3,6-13,15,20H,4-5,14,16-17H2. The zero-order valence-corrected chi connectivity index (χ0v) is 18.9. The molecular weight excluding hydrogens is 446 g/mol. The van der Waals surface area contributed by atoms with Gasteiger partial charge in [-0.25, -0.2) is 0 Å². The van der Waals surface area contributed by atoms with Crippen LogP contribution in [0.25, 0.3) is 11.5 Å². The molecule has 0 spiro atoms. The Morgan fingerprint density at radius 2 is 1.71 bits per heavy atom. The molecule has 8 heteroatoms. The number of fused-ring (bicyclic) bond motifs is 1. The molecule has 6 rings (SSSR count). The Kier molecular flexibility index (Phi) is 5.54. The van der Waals surface area contributed by atoms with Crippen LogP contribution in [0, 0.1) is 0 Å². The van der Waals surface area contributed by atoms with Crippen molar-refractivity contribution in [1.82, 2.24) is 15.1 Å². The van der Waals surface area contributed by atoms with Gasteiger partial charge in [-0.3, -0.25) is 4.79 Å². The van der Waals surface area contributed by atoms with E-state index in [9.17, 15) is 4.79 Å². The first-order chi connectivity index (χ1) is 17.2. The molecule has 3 heterocycles. The molecule has 1 fully saturated rings. The first-order valence-corrected chi connectivity index (χ1v) is 11.6. The van der Waals surface area contributed by atoms with Gasteiger partial charge in [-0.1, -0.05) is 18.2 Å². The van der Waals surface area contributed by atoms with Gasteiger partial charge in [0.2, 0.25) is 18.6 Å². The number of carbonyl (C=O) groups is 1. The summed E-state index contributed by atoms with van der Waals surface area (Å²) >= 11 is 0. The van der Waals surface area contributed by atoms with Gasteiger partial charge in [0, 0.05) is 24.2 Å². The van der Waals surface area contributed by atoms with E-state index in [4.69, 9.17) is 18.6 Å². The number of hydrogen-bond donors (Lipinski definition) is 0. The van der Waals surface area contributed by atoms with Crippen LogP contribution in [-0.2, 0) is 0 Å². The summed E-state index contributed by atoms with van der Waals surface area (Å²) in [6.07, 6.45) is 1.75. The average Bonchev–Trinajstić information content (AvgIpc) is 3.59. The highest BCUT2D eigenvalue weighted by molar-refractivity contribution is 5.94. The molecule has 0 aliphatic carbocycles. The van der Waals surface area contributed by atoms with Gasteiger partial charge in [0.25, 0.3) is 5.91 Å². The van der Waals surface area contributed by atoms with E-state index in [1.54, 1.807) is 12.1 Å². The van der Waals surface area contributed by atoms with Crippen molar-refractivity contribution in [2.75, 3.05) is 19.9 Å². The number of para-hydroxylation sites is 1. The van der Waals surface area contributed by atoms with E-state index in [-0.39, 0.29) is 18.6 Å². The summed E-state index contributed by atoms with van der Waals surface area (Å²) < 4.78 is 22.6. The van der Waals surface area contributed by atoms with Crippen molar-refractivity contribution in [3.05, 3.63) is 84.3 Å². The topological polar surface area (TPSA) is 86.9 Å². The molecule has 0 saturated carbocycles. The summed E-state index contributed by atoms with van der Waals surface area (Å²) in [5.74, 6) is 3.75. The largest absolute Gasteiger partial charge is 0.457 e. The van der Waals surface area contributed by atoms with Crippen molar-refractivity contribution < 1.29 is 23.4 Å². The molecule has 3 aromatic carbocycles. The Labute approximate surface area is 202 Å². The van der Waals surface area contributed by atoms with Crippen molar-refractivity contribution in [2.45, 2.75) is 18.8 Å². The number of hydrogen-bond acceptors (Lipinski definition) is 7. The SMILES string of the molecule is O=C(c1ccc(Oc2ccccc2)cc1)N1CCCC(c2nnc(-c3ccc4c(c3)OCO4)o2)C1. The zero-order chi connectivity index (χ0) is 23.6. The minimum absolute atomic E-state index is 0.0105. The lowest BCUT2D eigenvalue weighted by Gasteiger charge is -2.31. The fourth-order valence-corrected chi connectivity index (χ4v) is 4.38. The number of ether oxygens (including phenoxy) is 3. The second-order valence-corrected chi connectivity index (χ2v) is 8.54. The van der Waals surface area contributed by atoms with Crippen LogP contribution in [0.15, 0.2) is 77.2 Å². The number of carbonyl (C=O) groups excluding carboxylic acids is 1. The minimum Gasteiger partial charge on any atom is -0.457 e. The van der Waals surface area contributed by atoms with Crippen molar-refractivity contribution in [3.8, 4) is 34.5 Å². The first kappa shape index (κ1) is 21.2. The summed E-state index contributed by atoms with van der Waals surface area (Å²) in [5.41, 5.74) is 1.40. The van der Waals surface area contributed by atoms with Crippen LogP contribution >= 0.6 is 0 Å². The predicted molar refractivity (Wildman–Crippen MR) is 127 cm³/mol. The van der Waals surface area contributed by atoms with Crippen LogP contribution in [0.5, 0.6) is 23.0 Å². The molecule has 0 N–H and O–H groups in total. The maximum Gasteiger partial charge on any atom is 0.253 e. The molecule has 176 valence electrons. The van der Waals surface area contributed by atoms with Crippen LogP contribution in [0.3, 0.4) is 0 Å². The highest BCUT2D eigenvalue weighted by Gasteiger charge is 2.29. The third kappa shape index (κ3) is 4.42. The fraction of sp³-hybridized carbons (Fsp3) is 0.222. The van der Waals surface area contributed by atoms with Crippen LogP contribution < -0.4 is 14.2 Å². The van der Waals surface area contributed by atoms with Crippen LogP contribution in [0.1, 0.15) is 35.0 Å². The van der Waals surface area contributed by atoms with Crippen LogP contribution in [-0.4, -0.2) is 40.9 Å². The maximum atomic E-state index is 13.2. The Morgan fingerprint density at radius 3 is 2.57 bits per heavy atom. The molecule has 1 unspecified atom stereocenters. The lowest BCUT2D eigenvalue weighted by molar-refractivity contribution is 0.0698. The number of piperidine rings is 1. The summed E-state index contributed by atoms with van der Waals surface area (Å²) in [4.78, 5) is 15.0. The number of aromatic nitrogens is 2. The summed E-state index contributed by atoms with van der Waals surface area (Å²) in [6, 6.07) is 22.3. The minimum atomic E-state index is -0.0172. The van der Waals surface area contributed by atoms with Crippen molar-refractivity contribution in [3.63, 3.8) is 0 Å². The van der Waals surface area contributed by atoms with Gasteiger partial charge in [0.1, 0.15) is 11.5 Å². The van der Waals surface area contributed by atoms with Gasteiger partial charge < -0.3 is 23.5 Å². The Balaban J connectivity index is 1.13. The Hall–Kier alpha value is -4.33. The number of benzene rings is 3. The molecule has 1 atom stereocenters. The molecule has 2 aliphatic heterocycles. The molecule has 1 saturated heterocycles. The molecule has 2 aliphatic rings. The fourth-order valence-electron chi connectivity index (χ4n) is 4.38. The van der Waals surface area contributed by atoms with E-state index >= 15 is 0 Å². The van der Waals surface area contributed by atoms with Crippen molar-refractivity contribution >= 4 is 5.91 Å². The third-order valence-electron chi connectivity index (χ3n) is 6.20. The average molecular weight is 469 g/mol. The van der Waals surface area contributed by atoms with Crippen LogP contribution in [0.2, 0.25) is 0 Å². The van der Waals surface area contributed by atoms with Gasteiger partial charge in [-0.2, -0.15) is 0 Å². The Morgan fingerprint density at radius 1 is 0.914 bits per heavy atom. The molecule has 0 bridgehead atoms. The second-order valence-electron chi connectivity index (χ2n) is 8.54. The number of amides is 1. The molecular formula is C27H23N3O5. The summed E-state index contributed by atoms with van der Waals surface area (Å²) in [6.45, 7) is 1.44. The highest BCUT2D eigenvalue weighted by Crippen LogP contribution is 2.36. The Bertz CT molecular complexity index is 1340. The second kappa shape index (κ2) is 9.13. The highest BCUT2D eigenvalue weighted by atomic mass is 16.7. The van der Waals surface area contributed by atoms with E-state index in [2.05, 4.69) is 10.2 Å². The molecule has 0 radical (unpaired) electrons. The van der Waals surface area contributed by atoms with E-state index in [0.717, 1.165) is 24.2 Å². The van der Waals surface area contributed by atoms with Gasteiger partial charge in [-0.05, 0) is 67.4 Å². The molecule has 4 aromatic rings. The van der Waals surface area contributed by atoms with E-state index in [0.29, 0.717) is 47.7 Å². The van der Waals surface area contributed by atoms with Gasteiger partial charge in [0.15, 0.2) is 11.5 Å². The molecule has 35 heavy (non-hydrogen) atoms.